The quantitative estimate of drug-likeness (QED) is 0.231. The maximum atomic E-state index is 10.6. The number of carboxylic acid groups (broad SMARTS) is 1. The third-order valence-electron chi connectivity index (χ3n) is 1.69. The maximum absolute atomic E-state index is 10.6. The van der Waals surface area contributed by atoms with Crippen LogP contribution in [0.1, 0.15) is 12.8 Å². The molecule has 0 aliphatic heterocycles. The summed E-state index contributed by atoms with van der Waals surface area (Å²) < 4.78 is 0. The molecule has 4 atom stereocenters. The minimum Gasteiger partial charge on any atom is -0.480 e. The summed E-state index contributed by atoms with van der Waals surface area (Å²) in [6.45, 7) is 0.578. The predicted molar refractivity (Wildman–Crippen MR) is 71.5 cm³/mol. The van der Waals surface area contributed by atoms with E-state index < -0.39 is 12.0 Å². The van der Waals surface area contributed by atoms with Gasteiger partial charge in [-0.2, -0.15) is 0 Å². The number of nitrogens with zero attached hydrogens (tertiary/aromatic N) is 1. The SMILES string of the molecule is O=C(O)C(CCCN=C(NP)NP)NP. The van der Waals surface area contributed by atoms with Crippen molar-refractivity contribution >= 4 is 40.1 Å². The van der Waals surface area contributed by atoms with Crippen LogP contribution in [0.25, 0.3) is 0 Å². The zero-order chi connectivity index (χ0) is 11.7. The molecule has 9 heteroatoms. The molecule has 0 fully saturated rings. The molecule has 6 nitrogen and oxygen atoms in total. The minimum atomic E-state index is -0.845. The average molecular weight is 270 g/mol. The number of nitrogens with one attached hydrogen (secondary N) is 3. The van der Waals surface area contributed by atoms with Gasteiger partial charge in [-0.1, -0.05) is 9.39 Å². The van der Waals surface area contributed by atoms with Crippen LogP contribution < -0.4 is 15.3 Å². The first kappa shape index (κ1) is 15.0. The van der Waals surface area contributed by atoms with E-state index in [1.54, 1.807) is 0 Å². The lowest BCUT2D eigenvalue weighted by Gasteiger charge is -2.09. The number of hydrogen-bond donors (Lipinski definition) is 4. The number of aliphatic carboxylic acids is 1. The molecule has 15 heavy (non-hydrogen) atoms. The number of rotatable bonds is 6. The van der Waals surface area contributed by atoms with Crippen LogP contribution >= 0.6 is 28.2 Å². The van der Waals surface area contributed by atoms with Crippen molar-refractivity contribution in [2.45, 2.75) is 18.9 Å². The van der Waals surface area contributed by atoms with Crippen molar-refractivity contribution in [2.75, 3.05) is 6.54 Å². The van der Waals surface area contributed by atoms with Crippen LogP contribution in [0.15, 0.2) is 4.99 Å². The molecule has 0 heterocycles. The second-order valence-corrected chi connectivity index (χ2v) is 3.63. The second kappa shape index (κ2) is 9.23. The first-order valence-electron chi connectivity index (χ1n) is 4.32. The Hall–Kier alpha value is -0.0100. The number of carbonyl (C=O) groups is 1. The monoisotopic (exact) mass is 270 g/mol. The highest BCUT2D eigenvalue weighted by Crippen LogP contribution is 2.00. The van der Waals surface area contributed by atoms with Crippen molar-refractivity contribution in [3.8, 4) is 0 Å². The minimum absolute atomic E-state index is 0.526. The summed E-state index contributed by atoms with van der Waals surface area (Å²) in [5.41, 5.74) is 0. The Balaban J connectivity index is 3.78. The zero-order valence-electron chi connectivity index (χ0n) is 8.23. The van der Waals surface area contributed by atoms with Crippen LogP contribution in [0.3, 0.4) is 0 Å². The van der Waals surface area contributed by atoms with Crippen molar-refractivity contribution < 1.29 is 9.90 Å². The van der Waals surface area contributed by atoms with E-state index in [9.17, 15) is 4.79 Å². The third kappa shape index (κ3) is 6.97. The fourth-order valence-electron chi connectivity index (χ4n) is 0.897. The van der Waals surface area contributed by atoms with E-state index in [0.29, 0.717) is 25.3 Å². The molecular formula is C6H17N4O2P3. The van der Waals surface area contributed by atoms with Crippen molar-refractivity contribution in [3.05, 3.63) is 0 Å². The Morgan fingerprint density at radius 2 is 1.93 bits per heavy atom. The van der Waals surface area contributed by atoms with Crippen molar-refractivity contribution in [1.82, 2.24) is 15.3 Å². The van der Waals surface area contributed by atoms with Crippen molar-refractivity contribution in [2.24, 2.45) is 4.99 Å². The van der Waals surface area contributed by atoms with E-state index >= 15 is 0 Å². The van der Waals surface area contributed by atoms with Crippen LogP contribution in [0.2, 0.25) is 0 Å². The van der Waals surface area contributed by atoms with E-state index in [1.807, 2.05) is 0 Å². The Bertz CT molecular complexity index is 220. The van der Waals surface area contributed by atoms with Gasteiger partial charge in [-0.25, -0.2) is 0 Å². The molecule has 0 aliphatic carbocycles. The molecule has 4 unspecified atom stereocenters. The van der Waals surface area contributed by atoms with Gasteiger partial charge in [-0.3, -0.25) is 14.9 Å². The van der Waals surface area contributed by atoms with Gasteiger partial charge in [0.1, 0.15) is 6.04 Å². The van der Waals surface area contributed by atoms with Crippen LogP contribution in [0, 0.1) is 0 Å². The third-order valence-corrected chi connectivity index (χ3v) is 2.64. The average Bonchev–Trinajstić information content (AvgIpc) is 2.23. The van der Waals surface area contributed by atoms with Gasteiger partial charge in [0.15, 0.2) is 5.96 Å². The largest absolute Gasteiger partial charge is 0.480 e. The zero-order valence-corrected chi connectivity index (χ0v) is 11.7. The Kier molecular flexibility index (Phi) is 9.23. The molecule has 88 valence electrons. The lowest BCUT2D eigenvalue weighted by atomic mass is 10.2. The topological polar surface area (TPSA) is 85.8 Å². The molecule has 0 aromatic rings. The van der Waals surface area contributed by atoms with Crippen LogP contribution in [0.5, 0.6) is 0 Å². The molecule has 0 bridgehead atoms. The molecular weight excluding hydrogens is 253 g/mol. The Morgan fingerprint density at radius 3 is 2.33 bits per heavy atom. The summed E-state index contributed by atoms with van der Waals surface area (Å²) in [6, 6.07) is -0.526. The molecule has 0 aromatic carbocycles. The summed E-state index contributed by atoms with van der Waals surface area (Å²) in [5, 5.41) is 16.9. The highest BCUT2D eigenvalue weighted by atomic mass is 31.0. The van der Waals surface area contributed by atoms with Gasteiger partial charge in [0, 0.05) is 6.54 Å². The highest BCUT2D eigenvalue weighted by Gasteiger charge is 2.13. The standard InChI is InChI=1S/C6H17N4O2P3/c11-5(12)4(8-13)2-1-3-7-6(9-14)10-15/h4,8H,1-3,13-15H2,(H,11,12)(H2,7,9,10). The van der Waals surface area contributed by atoms with Gasteiger partial charge in [0.2, 0.25) is 0 Å². The first-order chi connectivity index (χ1) is 7.15. The molecule has 0 aliphatic rings. The molecule has 0 aromatic heterocycles. The number of guanidine groups is 1. The van der Waals surface area contributed by atoms with Gasteiger partial charge >= 0.3 is 5.97 Å². The van der Waals surface area contributed by atoms with Gasteiger partial charge in [0.25, 0.3) is 0 Å². The number of hydrogen-bond acceptors (Lipinski definition) is 3. The molecule has 0 spiro atoms. The predicted octanol–water partition coefficient (Wildman–Crippen LogP) is -0.285. The summed E-state index contributed by atoms with van der Waals surface area (Å²) in [4.78, 5) is 14.8. The van der Waals surface area contributed by atoms with E-state index in [1.165, 1.54) is 0 Å². The summed E-state index contributed by atoms with van der Waals surface area (Å²) in [6.07, 6.45) is 1.25. The smallest absolute Gasteiger partial charge is 0.320 e. The normalized spacial score (nSPS) is 11.7. The Labute approximate surface area is 96.2 Å². The number of carboxylic acids is 1. The highest BCUT2D eigenvalue weighted by molar-refractivity contribution is 7.17. The molecule has 4 N–H and O–H groups in total. The molecule has 0 saturated carbocycles. The van der Waals surface area contributed by atoms with Gasteiger partial charge in [-0.15, -0.1) is 0 Å². The lowest BCUT2D eigenvalue weighted by molar-refractivity contribution is -0.139. The summed E-state index contributed by atoms with van der Waals surface area (Å²) in [5.74, 6) is -0.210. The summed E-state index contributed by atoms with van der Waals surface area (Å²) in [7, 11) is 6.86. The summed E-state index contributed by atoms with van der Waals surface area (Å²) >= 11 is 0. The van der Waals surface area contributed by atoms with Gasteiger partial charge in [0.05, 0.1) is 0 Å². The fourth-order valence-corrected chi connectivity index (χ4v) is 1.72. The fraction of sp³-hybridized carbons (Fsp3) is 0.667. The molecule has 0 rings (SSSR count). The van der Waals surface area contributed by atoms with Gasteiger partial charge in [-0.05, 0) is 31.6 Å². The van der Waals surface area contributed by atoms with Crippen molar-refractivity contribution in [1.29, 1.82) is 0 Å². The molecule has 0 saturated heterocycles. The number of aliphatic imine (C=N–C) groups is 1. The lowest BCUT2D eigenvalue weighted by Crippen LogP contribution is -2.30. The van der Waals surface area contributed by atoms with E-state index in [4.69, 9.17) is 5.11 Å². The van der Waals surface area contributed by atoms with Crippen LogP contribution in [-0.4, -0.2) is 29.6 Å². The maximum Gasteiger partial charge on any atom is 0.320 e. The molecule has 0 radical (unpaired) electrons. The van der Waals surface area contributed by atoms with Crippen LogP contribution in [-0.2, 0) is 4.79 Å². The van der Waals surface area contributed by atoms with Gasteiger partial charge < -0.3 is 15.3 Å². The van der Waals surface area contributed by atoms with Crippen molar-refractivity contribution in [3.63, 3.8) is 0 Å². The molecule has 0 amide bonds. The first-order valence-corrected chi connectivity index (χ1v) is 6.05. The Morgan fingerprint density at radius 1 is 1.33 bits per heavy atom. The second-order valence-electron chi connectivity index (χ2n) is 2.72. The van der Waals surface area contributed by atoms with Crippen LogP contribution in [0.4, 0.5) is 0 Å². The van der Waals surface area contributed by atoms with E-state index in [0.717, 1.165) is 0 Å². The van der Waals surface area contributed by atoms with E-state index in [-0.39, 0.29) is 0 Å². The van der Waals surface area contributed by atoms with E-state index in [2.05, 4.69) is 48.4 Å².